The van der Waals surface area contributed by atoms with Gasteiger partial charge in [0.2, 0.25) is 0 Å². The fraction of sp³-hybridized carbons (Fsp3) is 0.424. The average molecular weight is 608 g/mol. The summed E-state index contributed by atoms with van der Waals surface area (Å²) >= 11 is 0.194. The van der Waals surface area contributed by atoms with Crippen molar-refractivity contribution in [2.45, 2.75) is 93.9 Å². The van der Waals surface area contributed by atoms with Gasteiger partial charge in [0.25, 0.3) is 0 Å². The molecule has 0 fully saturated rings. The van der Waals surface area contributed by atoms with Crippen molar-refractivity contribution in [3.8, 4) is 0 Å². The van der Waals surface area contributed by atoms with Crippen molar-refractivity contribution in [1.82, 2.24) is 4.98 Å². The van der Waals surface area contributed by atoms with Crippen molar-refractivity contribution < 1.29 is 13.1 Å². The molecule has 0 radical (unpaired) electrons. The summed E-state index contributed by atoms with van der Waals surface area (Å²) in [5.41, 5.74) is 13.3. The molecule has 0 N–H and O–H groups in total. The molecule has 1 heterocycles. The Morgan fingerprint density at radius 3 is 1.18 bits per heavy atom. The molecule has 0 aliphatic rings. The molecule has 2 aromatic carbocycles. The second-order valence-corrected chi connectivity index (χ2v) is 14.1. The van der Waals surface area contributed by atoms with Gasteiger partial charge in [0.05, 0.1) is 34.2 Å². The zero-order valence-corrected chi connectivity index (χ0v) is 28.1. The first kappa shape index (κ1) is 33.2. The molecule has 0 aliphatic heterocycles. The van der Waals surface area contributed by atoms with Gasteiger partial charge in [0.15, 0.2) is 0 Å². The van der Waals surface area contributed by atoms with Crippen LogP contribution in [0.1, 0.15) is 100 Å². The number of halogens is 2. The minimum absolute atomic E-state index is 0.114. The van der Waals surface area contributed by atoms with Crippen LogP contribution in [0.4, 0.5) is 11.4 Å². The monoisotopic (exact) mass is 607 g/mol. The number of benzene rings is 2. The van der Waals surface area contributed by atoms with E-state index >= 15 is 0 Å². The standard InChI is InChI=1S/C33H43N3.2ClH.Fe/c1-20-16-26(32(7,8)9)17-21(2)30(20)34-24(5)28-14-13-15-29(36-28)25(6)35-31-22(3)18-27(19-23(31)4)33(10,11)12;;;/h13-19H,1-12H3;2*1H;/q;;;+2/p-2. The van der Waals surface area contributed by atoms with Gasteiger partial charge in [-0.3, -0.25) is 9.98 Å². The molecule has 0 atom stereocenters. The van der Waals surface area contributed by atoms with Crippen molar-refractivity contribution in [3.63, 3.8) is 0 Å². The molecule has 0 aliphatic carbocycles. The van der Waals surface area contributed by atoms with Crippen LogP contribution < -0.4 is 0 Å². The molecule has 0 saturated carbocycles. The summed E-state index contributed by atoms with van der Waals surface area (Å²) in [5, 5.41) is 0. The van der Waals surface area contributed by atoms with E-state index in [1.807, 2.05) is 32.0 Å². The normalized spacial score (nSPS) is 12.9. The van der Waals surface area contributed by atoms with Gasteiger partial charge in [0, 0.05) is 0 Å². The first-order valence-corrected chi connectivity index (χ1v) is 16.2. The first-order valence-electron chi connectivity index (χ1n) is 13.2. The van der Waals surface area contributed by atoms with Crippen molar-refractivity contribution >= 4 is 43.0 Å². The maximum atomic E-state index is 5.01. The predicted octanol–water partition coefficient (Wildman–Crippen LogP) is 10.6. The van der Waals surface area contributed by atoms with E-state index in [0.717, 1.165) is 34.2 Å². The summed E-state index contributed by atoms with van der Waals surface area (Å²) in [6.07, 6.45) is 0. The van der Waals surface area contributed by atoms with Gasteiger partial charge in [-0.15, -0.1) is 0 Å². The maximum absolute atomic E-state index is 5.01. The second kappa shape index (κ2) is 13.6. The van der Waals surface area contributed by atoms with Crippen LogP contribution in [0.2, 0.25) is 0 Å². The zero-order valence-electron chi connectivity index (χ0n) is 25.5. The molecule has 0 bridgehead atoms. The summed E-state index contributed by atoms with van der Waals surface area (Å²) in [5.74, 6) is 0. The third-order valence-electron chi connectivity index (χ3n) is 6.76. The number of pyridine rings is 1. The molecule has 0 spiro atoms. The van der Waals surface area contributed by atoms with Gasteiger partial charge in [-0.05, 0) is 97.9 Å². The third kappa shape index (κ3) is 9.02. The summed E-state index contributed by atoms with van der Waals surface area (Å²) in [7, 11) is 9.53. The van der Waals surface area contributed by atoms with Gasteiger partial charge in [0.1, 0.15) is 0 Å². The van der Waals surface area contributed by atoms with E-state index in [0.29, 0.717) is 0 Å². The Kier molecular flexibility index (Phi) is 11.6. The molecule has 0 amide bonds. The molecule has 212 valence electrons. The molecule has 3 aromatic rings. The van der Waals surface area contributed by atoms with Crippen molar-refractivity contribution in [2.24, 2.45) is 9.98 Å². The summed E-state index contributed by atoms with van der Waals surface area (Å²) < 4.78 is 0. The van der Waals surface area contributed by atoms with Crippen LogP contribution in [0.3, 0.4) is 0 Å². The Balaban J connectivity index is 0.00000170. The average Bonchev–Trinajstić information content (AvgIpc) is 2.82. The van der Waals surface area contributed by atoms with E-state index in [1.54, 1.807) is 0 Å². The van der Waals surface area contributed by atoms with Gasteiger partial charge in [-0.1, -0.05) is 71.9 Å². The van der Waals surface area contributed by atoms with E-state index in [1.165, 1.54) is 33.4 Å². The van der Waals surface area contributed by atoms with Gasteiger partial charge >= 0.3 is 33.3 Å². The summed E-state index contributed by atoms with van der Waals surface area (Å²) in [6, 6.07) is 15.1. The van der Waals surface area contributed by atoms with Crippen molar-refractivity contribution in [3.05, 3.63) is 87.2 Å². The van der Waals surface area contributed by atoms with Gasteiger partial charge < -0.3 is 0 Å². The molecule has 6 heteroatoms. The molecule has 3 nitrogen and oxygen atoms in total. The fourth-order valence-electron chi connectivity index (χ4n) is 4.42. The summed E-state index contributed by atoms with van der Waals surface area (Å²) in [4.78, 5) is 15.0. The fourth-order valence-corrected chi connectivity index (χ4v) is 4.42. The third-order valence-corrected chi connectivity index (χ3v) is 6.76. The molecule has 0 saturated heterocycles. The molecule has 0 unspecified atom stereocenters. The number of hydrogen-bond acceptors (Lipinski definition) is 3. The molecule has 1 aromatic heterocycles. The number of rotatable bonds is 4. The van der Waals surface area contributed by atoms with Gasteiger partial charge in [-0.25, -0.2) is 4.98 Å². The van der Waals surface area contributed by atoms with Crippen molar-refractivity contribution in [2.75, 3.05) is 0 Å². The Hall–Kier alpha value is -1.97. The zero-order chi connectivity index (χ0) is 29.7. The Morgan fingerprint density at radius 2 is 0.923 bits per heavy atom. The van der Waals surface area contributed by atoms with Crippen LogP contribution in [-0.4, -0.2) is 16.4 Å². The van der Waals surface area contributed by atoms with Crippen LogP contribution in [-0.2, 0) is 24.0 Å². The Labute approximate surface area is 251 Å². The van der Waals surface area contributed by atoms with E-state index in [2.05, 4.69) is 93.5 Å². The van der Waals surface area contributed by atoms with Crippen LogP contribution in [0.25, 0.3) is 0 Å². The minimum atomic E-state index is 0.114. The number of aryl methyl sites for hydroxylation is 4. The number of nitrogens with zero attached hydrogens (tertiary/aromatic N) is 3. The molecular weight excluding hydrogens is 565 g/mol. The van der Waals surface area contributed by atoms with E-state index < -0.39 is 0 Å². The Bertz CT molecular complexity index is 1230. The summed E-state index contributed by atoms with van der Waals surface area (Å²) in [6.45, 7) is 26.1. The quantitative estimate of drug-likeness (QED) is 0.215. The van der Waals surface area contributed by atoms with Crippen LogP contribution >= 0.6 is 20.2 Å². The second-order valence-electron chi connectivity index (χ2n) is 12.3. The van der Waals surface area contributed by atoms with Crippen LogP contribution in [0.15, 0.2) is 52.4 Å². The van der Waals surface area contributed by atoms with Crippen molar-refractivity contribution in [1.29, 1.82) is 0 Å². The number of aliphatic imine (C=N–C) groups is 2. The number of aromatic nitrogens is 1. The van der Waals surface area contributed by atoms with E-state index in [4.69, 9.17) is 35.2 Å². The molecule has 39 heavy (non-hydrogen) atoms. The Morgan fingerprint density at radius 1 is 0.641 bits per heavy atom. The van der Waals surface area contributed by atoms with E-state index in [9.17, 15) is 0 Å². The number of hydrogen-bond donors (Lipinski definition) is 0. The topological polar surface area (TPSA) is 37.6 Å². The van der Waals surface area contributed by atoms with Crippen LogP contribution in [0.5, 0.6) is 0 Å². The van der Waals surface area contributed by atoms with Gasteiger partial charge in [-0.2, -0.15) is 0 Å². The SMILES string of the molecule is CC(=Nc1c(C)cc(C(C)(C)C)cc1C)c1cccc(C(C)=Nc2c(C)cc(C(C)(C)C)cc2C)n1.[Cl][Fe][Cl]. The molecular formula is C33H43Cl2FeN3. The van der Waals surface area contributed by atoms with E-state index in [-0.39, 0.29) is 24.0 Å². The van der Waals surface area contributed by atoms with Crippen LogP contribution in [0, 0.1) is 27.7 Å². The molecule has 3 rings (SSSR count). The predicted molar refractivity (Wildman–Crippen MR) is 169 cm³/mol. The first-order chi connectivity index (χ1) is 18.0.